The fourth-order valence-electron chi connectivity index (χ4n) is 2.07. The summed E-state index contributed by atoms with van der Waals surface area (Å²) in [6.45, 7) is 7.60. The summed E-state index contributed by atoms with van der Waals surface area (Å²) in [5.41, 5.74) is 5.29. The maximum Gasteiger partial charge on any atom is 0.234 e. The zero-order valence-corrected chi connectivity index (χ0v) is 12.5. The van der Waals surface area contributed by atoms with Crippen LogP contribution in [0.2, 0.25) is 0 Å². The first-order valence-corrected chi connectivity index (χ1v) is 6.53. The number of nitrogens with two attached hydrogens (primary N) is 1. The standard InChI is InChI=1S/C12H24N4O2.ClH/c1-9(2)11(12(13)18)15-4-3-10(17)16-7-5-14-6-8-16;/h9,11,14-15H,3-8H2,1-2H3,(H2,13,18);1H. The average molecular weight is 293 g/mol. The Morgan fingerprint density at radius 2 is 1.89 bits per heavy atom. The fourth-order valence-corrected chi connectivity index (χ4v) is 2.07. The smallest absolute Gasteiger partial charge is 0.234 e. The minimum absolute atomic E-state index is 0. The summed E-state index contributed by atoms with van der Waals surface area (Å²) in [6, 6.07) is -0.360. The van der Waals surface area contributed by atoms with Gasteiger partial charge < -0.3 is 21.3 Å². The molecule has 0 aromatic carbocycles. The Bertz CT molecular complexity index is 293. The molecule has 7 heteroatoms. The van der Waals surface area contributed by atoms with Crippen LogP contribution in [-0.2, 0) is 9.59 Å². The first kappa shape index (κ1) is 18.1. The van der Waals surface area contributed by atoms with Gasteiger partial charge in [-0.05, 0) is 5.92 Å². The lowest BCUT2D eigenvalue weighted by Gasteiger charge is -2.28. The molecule has 1 saturated heterocycles. The molecule has 0 saturated carbocycles. The van der Waals surface area contributed by atoms with Crippen molar-refractivity contribution in [3.05, 3.63) is 0 Å². The van der Waals surface area contributed by atoms with Gasteiger partial charge >= 0.3 is 0 Å². The van der Waals surface area contributed by atoms with Crippen molar-refractivity contribution in [2.24, 2.45) is 11.7 Å². The summed E-state index contributed by atoms with van der Waals surface area (Å²) < 4.78 is 0. The molecule has 0 radical (unpaired) electrons. The van der Waals surface area contributed by atoms with Crippen LogP contribution in [0.3, 0.4) is 0 Å². The molecule has 112 valence electrons. The van der Waals surface area contributed by atoms with Crippen LogP contribution in [0.25, 0.3) is 0 Å². The SMILES string of the molecule is CC(C)C(NCCC(=O)N1CCNCC1)C(N)=O.Cl. The van der Waals surface area contributed by atoms with Crippen LogP contribution in [0.1, 0.15) is 20.3 Å². The van der Waals surface area contributed by atoms with Crippen molar-refractivity contribution in [2.45, 2.75) is 26.3 Å². The highest BCUT2D eigenvalue weighted by atomic mass is 35.5. The van der Waals surface area contributed by atoms with Crippen molar-refractivity contribution in [3.63, 3.8) is 0 Å². The van der Waals surface area contributed by atoms with Crippen molar-refractivity contribution in [1.82, 2.24) is 15.5 Å². The second-order valence-corrected chi connectivity index (χ2v) is 4.96. The predicted octanol–water partition coefficient (Wildman–Crippen LogP) is -0.670. The molecule has 1 atom stereocenters. The predicted molar refractivity (Wildman–Crippen MR) is 77.1 cm³/mol. The van der Waals surface area contributed by atoms with Crippen LogP contribution < -0.4 is 16.4 Å². The van der Waals surface area contributed by atoms with E-state index in [9.17, 15) is 9.59 Å². The summed E-state index contributed by atoms with van der Waals surface area (Å²) in [5.74, 6) is -0.0904. The Hall–Kier alpha value is -0.850. The Kier molecular flexibility index (Phi) is 8.71. The maximum absolute atomic E-state index is 11.9. The van der Waals surface area contributed by atoms with Crippen molar-refractivity contribution >= 4 is 24.2 Å². The summed E-state index contributed by atoms with van der Waals surface area (Å²) in [6.07, 6.45) is 0.413. The molecular weight excluding hydrogens is 268 g/mol. The van der Waals surface area contributed by atoms with Gasteiger partial charge in [0.2, 0.25) is 11.8 Å². The summed E-state index contributed by atoms with van der Waals surface area (Å²) in [4.78, 5) is 24.9. The van der Waals surface area contributed by atoms with E-state index < -0.39 is 0 Å². The molecule has 1 aliphatic rings. The molecule has 1 rings (SSSR count). The Morgan fingerprint density at radius 3 is 2.37 bits per heavy atom. The van der Waals surface area contributed by atoms with Gasteiger partial charge in [0.15, 0.2) is 0 Å². The second kappa shape index (κ2) is 9.12. The van der Waals surface area contributed by atoms with E-state index in [1.807, 2.05) is 18.7 Å². The van der Waals surface area contributed by atoms with Crippen molar-refractivity contribution < 1.29 is 9.59 Å². The molecule has 0 aliphatic carbocycles. The summed E-state index contributed by atoms with van der Waals surface area (Å²) in [5, 5.41) is 6.25. The largest absolute Gasteiger partial charge is 0.368 e. The van der Waals surface area contributed by atoms with Crippen LogP contribution in [-0.4, -0.2) is 55.5 Å². The third-order valence-electron chi connectivity index (χ3n) is 3.15. The minimum Gasteiger partial charge on any atom is -0.368 e. The highest BCUT2D eigenvalue weighted by Crippen LogP contribution is 2.01. The molecule has 6 nitrogen and oxygen atoms in total. The molecule has 0 aromatic rings. The summed E-state index contributed by atoms with van der Waals surface area (Å²) in [7, 11) is 0. The molecule has 0 bridgehead atoms. The lowest BCUT2D eigenvalue weighted by atomic mass is 10.0. The topological polar surface area (TPSA) is 87.5 Å². The number of hydrogen-bond donors (Lipinski definition) is 3. The van der Waals surface area contributed by atoms with E-state index in [0.717, 1.165) is 26.2 Å². The van der Waals surface area contributed by atoms with Gasteiger partial charge in [-0.2, -0.15) is 0 Å². The lowest BCUT2D eigenvalue weighted by Crippen LogP contribution is -2.48. The van der Waals surface area contributed by atoms with Gasteiger partial charge in [-0.1, -0.05) is 13.8 Å². The maximum atomic E-state index is 11.9. The van der Waals surface area contributed by atoms with E-state index in [-0.39, 0.29) is 36.2 Å². The number of nitrogens with one attached hydrogen (secondary N) is 2. The highest BCUT2D eigenvalue weighted by Gasteiger charge is 2.20. The van der Waals surface area contributed by atoms with E-state index in [4.69, 9.17) is 5.73 Å². The molecule has 4 N–H and O–H groups in total. The van der Waals surface area contributed by atoms with E-state index in [0.29, 0.717) is 13.0 Å². The van der Waals surface area contributed by atoms with Gasteiger partial charge in [-0.15, -0.1) is 12.4 Å². The Labute approximate surface area is 120 Å². The molecule has 1 unspecified atom stereocenters. The summed E-state index contributed by atoms with van der Waals surface area (Å²) >= 11 is 0. The number of primary amides is 1. The number of carbonyl (C=O) groups excluding carboxylic acids is 2. The van der Waals surface area contributed by atoms with Gasteiger partial charge in [0, 0.05) is 39.1 Å². The van der Waals surface area contributed by atoms with Crippen LogP contribution in [0.4, 0.5) is 0 Å². The molecule has 2 amide bonds. The van der Waals surface area contributed by atoms with Crippen molar-refractivity contribution in [1.29, 1.82) is 0 Å². The van der Waals surface area contributed by atoms with Gasteiger partial charge in [-0.3, -0.25) is 9.59 Å². The molecule has 1 heterocycles. The lowest BCUT2D eigenvalue weighted by molar-refractivity contribution is -0.132. The average Bonchev–Trinajstić information content (AvgIpc) is 2.34. The van der Waals surface area contributed by atoms with Crippen molar-refractivity contribution in [3.8, 4) is 0 Å². The van der Waals surface area contributed by atoms with E-state index >= 15 is 0 Å². The van der Waals surface area contributed by atoms with Crippen molar-refractivity contribution in [2.75, 3.05) is 32.7 Å². The number of amides is 2. The van der Waals surface area contributed by atoms with E-state index in [2.05, 4.69) is 10.6 Å². The quantitative estimate of drug-likeness (QED) is 0.606. The number of hydrogen-bond acceptors (Lipinski definition) is 4. The number of halogens is 1. The normalized spacial score (nSPS) is 16.9. The first-order chi connectivity index (χ1) is 8.52. The molecule has 19 heavy (non-hydrogen) atoms. The third kappa shape index (κ3) is 6.22. The van der Waals surface area contributed by atoms with Crippen LogP contribution in [0.5, 0.6) is 0 Å². The molecule has 0 spiro atoms. The monoisotopic (exact) mass is 292 g/mol. The van der Waals surface area contributed by atoms with Gasteiger partial charge in [0.05, 0.1) is 6.04 Å². The van der Waals surface area contributed by atoms with Crippen LogP contribution in [0, 0.1) is 5.92 Å². The van der Waals surface area contributed by atoms with E-state index in [1.165, 1.54) is 0 Å². The zero-order valence-electron chi connectivity index (χ0n) is 11.6. The molecular formula is C12H25ClN4O2. The first-order valence-electron chi connectivity index (χ1n) is 6.53. The Morgan fingerprint density at radius 1 is 1.32 bits per heavy atom. The Balaban J connectivity index is 0.00000324. The fraction of sp³-hybridized carbons (Fsp3) is 0.833. The molecule has 1 fully saturated rings. The van der Waals surface area contributed by atoms with Gasteiger partial charge in [0.25, 0.3) is 0 Å². The number of nitrogens with zero attached hydrogens (tertiary/aromatic N) is 1. The van der Waals surface area contributed by atoms with Gasteiger partial charge in [0.1, 0.15) is 0 Å². The van der Waals surface area contributed by atoms with Crippen LogP contribution in [0.15, 0.2) is 0 Å². The highest BCUT2D eigenvalue weighted by molar-refractivity contribution is 5.85. The molecule has 1 aliphatic heterocycles. The number of piperazine rings is 1. The van der Waals surface area contributed by atoms with Crippen LogP contribution >= 0.6 is 12.4 Å². The molecule has 0 aromatic heterocycles. The number of carbonyl (C=O) groups is 2. The third-order valence-corrected chi connectivity index (χ3v) is 3.15. The van der Waals surface area contributed by atoms with E-state index in [1.54, 1.807) is 0 Å². The van der Waals surface area contributed by atoms with Gasteiger partial charge in [-0.25, -0.2) is 0 Å². The number of rotatable bonds is 6. The zero-order chi connectivity index (χ0) is 13.5. The minimum atomic E-state index is -0.361. The second-order valence-electron chi connectivity index (χ2n) is 4.96.